The first kappa shape index (κ1) is 13.7. The second-order valence-electron chi connectivity index (χ2n) is 6.02. The maximum Gasteiger partial charge on any atom is 0.315 e. The molecule has 0 N–H and O–H groups in total. The number of carbonyl (C=O) groups is 1. The number of hydrogen-bond donors (Lipinski definition) is 0. The smallest absolute Gasteiger partial charge is 0.315 e. The second kappa shape index (κ2) is 5.11. The zero-order valence-electron chi connectivity index (χ0n) is 11.2. The van der Waals surface area contributed by atoms with Gasteiger partial charge in [0.2, 0.25) is 0 Å². The first-order valence-corrected chi connectivity index (χ1v) is 6.74. The van der Waals surface area contributed by atoms with Crippen molar-refractivity contribution in [3.63, 3.8) is 0 Å². The summed E-state index contributed by atoms with van der Waals surface area (Å²) in [4.78, 5) is 14.9. The lowest BCUT2D eigenvalue weighted by Crippen LogP contribution is -2.63. The zero-order valence-corrected chi connectivity index (χ0v) is 11.2. The summed E-state index contributed by atoms with van der Waals surface area (Å²) in [7, 11) is 0. The van der Waals surface area contributed by atoms with E-state index in [4.69, 9.17) is 0 Å². The van der Waals surface area contributed by atoms with E-state index in [0.717, 1.165) is 25.9 Å². The summed E-state index contributed by atoms with van der Waals surface area (Å²) in [5.41, 5.74) is 0.0747. The minimum atomic E-state index is -2.85. The summed E-state index contributed by atoms with van der Waals surface area (Å²) in [5.74, 6) is -0.999. The van der Waals surface area contributed by atoms with Gasteiger partial charge in [-0.2, -0.15) is 8.78 Å². The van der Waals surface area contributed by atoms with Crippen molar-refractivity contribution in [3.05, 3.63) is 0 Å². The molecule has 0 aromatic heterocycles. The third-order valence-corrected chi connectivity index (χ3v) is 4.22. The quantitative estimate of drug-likeness (QED) is 0.758. The molecule has 0 radical (unpaired) electrons. The molecule has 1 spiro atoms. The van der Waals surface area contributed by atoms with Crippen LogP contribution in [0, 0.1) is 5.41 Å². The van der Waals surface area contributed by atoms with E-state index in [-0.39, 0.29) is 5.41 Å². The third-order valence-electron chi connectivity index (χ3n) is 4.22. The molecule has 2 aliphatic heterocycles. The predicted octanol–water partition coefficient (Wildman–Crippen LogP) is 1.97. The molecule has 0 aromatic carbocycles. The van der Waals surface area contributed by atoms with Gasteiger partial charge >= 0.3 is 6.43 Å². The number of nitrogens with zero attached hydrogens (tertiary/aromatic N) is 2. The van der Waals surface area contributed by atoms with Crippen LogP contribution in [0.1, 0.15) is 33.1 Å². The monoisotopic (exact) mass is 260 g/mol. The Morgan fingerprint density at radius 2 is 1.83 bits per heavy atom. The molecule has 5 heteroatoms. The molecule has 2 heterocycles. The Hall–Kier alpha value is -0.710. The Balaban J connectivity index is 1.95. The molecule has 1 amide bonds. The Morgan fingerprint density at radius 1 is 1.17 bits per heavy atom. The SMILES string of the molecule is CC(C)N1CCCCC2(CN(C(=O)C(F)F)C2)C1. The molecule has 0 bridgehead atoms. The Labute approximate surface area is 107 Å². The highest BCUT2D eigenvalue weighted by Gasteiger charge is 2.48. The van der Waals surface area contributed by atoms with Crippen molar-refractivity contribution in [2.24, 2.45) is 5.41 Å². The molecule has 0 unspecified atom stereocenters. The summed E-state index contributed by atoms with van der Waals surface area (Å²) in [6, 6.07) is 0.486. The fraction of sp³-hybridized carbons (Fsp3) is 0.923. The van der Waals surface area contributed by atoms with Crippen molar-refractivity contribution < 1.29 is 13.6 Å². The normalized spacial score (nSPS) is 24.4. The van der Waals surface area contributed by atoms with Crippen molar-refractivity contribution in [1.29, 1.82) is 0 Å². The van der Waals surface area contributed by atoms with Gasteiger partial charge in [0.15, 0.2) is 0 Å². The van der Waals surface area contributed by atoms with Gasteiger partial charge in [0.25, 0.3) is 5.91 Å². The van der Waals surface area contributed by atoms with Gasteiger partial charge in [0.1, 0.15) is 0 Å². The molecule has 0 aromatic rings. The maximum absolute atomic E-state index is 12.3. The van der Waals surface area contributed by atoms with E-state index < -0.39 is 12.3 Å². The van der Waals surface area contributed by atoms with Crippen LogP contribution in [0.4, 0.5) is 8.78 Å². The molecule has 2 aliphatic rings. The fourth-order valence-corrected chi connectivity index (χ4v) is 3.16. The van der Waals surface area contributed by atoms with Gasteiger partial charge in [-0.25, -0.2) is 0 Å². The Bertz CT molecular complexity index is 314. The van der Waals surface area contributed by atoms with Crippen LogP contribution in [-0.2, 0) is 4.79 Å². The van der Waals surface area contributed by atoms with Crippen LogP contribution >= 0.6 is 0 Å². The van der Waals surface area contributed by atoms with Crippen LogP contribution in [0.15, 0.2) is 0 Å². The minimum Gasteiger partial charge on any atom is -0.336 e. The summed E-state index contributed by atoms with van der Waals surface area (Å²) in [5, 5.41) is 0. The van der Waals surface area contributed by atoms with E-state index >= 15 is 0 Å². The van der Waals surface area contributed by atoms with Gasteiger partial charge < -0.3 is 9.80 Å². The number of hydrogen-bond acceptors (Lipinski definition) is 2. The van der Waals surface area contributed by atoms with Gasteiger partial charge in [0, 0.05) is 31.1 Å². The maximum atomic E-state index is 12.3. The summed E-state index contributed by atoms with van der Waals surface area (Å²) >= 11 is 0. The molecule has 0 atom stereocenters. The number of likely N-dealkylation sites (tertiary alicyclic amines) is 2. The Morgan fingerprint density at radius 3 is 2.39 bits per heavy atom. The summed E-state index contributed by atoms with van der Waals surface area (Å²) in [6.45, 7) is 7.39. The van der Waals surface area contributed by atoms with Crippen LogP contribution in [0.3, 0.4) is 0 Å². The molecule has 2 fully saturated rings. The first-order chi connectivity index (χ1) is 8.43. The van der Waals surface area contributed by atoms with Crippen LogP contribution < -0.4 is 0 Å². The molecule has 0 aliphatic carbocycles. The topological polar surface area (TPSA) is 23.6 Å². The van der Waals surface area contributed by atoms with E-state index in [9.17, 15) is 13.6 Å². The van der Waals surface area contributed by atoms with E-state index in [1.165, 1.54) is 11.3 Å². The number of rotatable bonds is 2. The van der Waals surface area contributed by atoms with E-state index in [2.05, 4.69) is 18.7 Å². The van der Waals surface area contributed by atoms with Gasteiger partial charge in [-0.05, 0) is 33.2 Å². The molecule has 0 saturated carbocycles. The van der Waals surface area contributed by atoms with Crippen molar-refractivity contribution >= 4 is 5.91 Å². The largest absolute Gasteiger partial charge is 0.336 e. The molecule has 2 saturated heterocycles. The van der Waals surface area contributed by atoms with Gasteiger partial charge in [-0.3, -0.25) is 4.79 Å². The molecule has 18 heavy (non-hydrogen) atoms. The zero-order chi connectivity index (χ0) is 13.3. The summed E-state index contributed by atoms with van der Waals surface area (Å²) < 4.78 is 24.7. The predicted molar refractivity (Wildman–Crippen MR) is 65.6 cm³/mol. The molecular formula is C13H22F2N2O. The highest BCUT2D eigenvalue weighted by atomic mass is 19.3. The lowest BCUT2D eigenvalue weighted by Gasteiger charge is -2.51. The van der Waals surface area contributed by atoms with E-state index in [1.807, 2.05) is 0 Å². The highest BCUT2D eigenvalue weighted by molar-refractivity contribution is 5.80. The van der Waals surface area contributed by atoms with Crippen molar-refractivity contribution in [3.8, 4) is 0 Å². The molecule has 3 nitrogen and oxygen atoms in total. The second-order valence-corrected chi connectivity index (χ2v) is 6.02. The molecule has 2 rings (SSSR count). The van der Waals surface area contributed by atoms with Crippen LogP contribution in [0.5, 0.6) is 0 Å². The third kappa shape index (κ3) is 2.66. The van der Waals surface area contributed by atoms with E-state index in [1.54, 1.807) is 0 Å². The summed E-state index contributed by atoms with van der Waals surface area (Å²) in [6.07, 6.45) is 0.514. The average Bonchev–Trinajstić information content (AvgIpc) is 2.48. The van der Waals surface area contributed by atoms with E-state index in [0.29, 0.717) is 19.1 Å². The minimum absolute atomic E-state index is 0.0747. The fourth-order valence-electron chi connectivity index (χ4n) is 3.16. The van der Waals surface area contributed by atoms with Crippen LogP contribution in [0.25, 0.3) is 0 Å². The standard InChI is InChI=1S/C13H22F2N2O/c1-10(2)16-6-4-3-5-13(7-16)8-17(9-13)12(18)11(14)15/h10-11H,3-9H2,1-2H3. The number of alkyl halides is 2. The van der Waals surface area contributed by atoms with Gasteiger partial charge in [-0.1, -0.05) is 6.42 Å². The van der Waals surface area contributed by atoms with Crippen LogP contribution in [-0.4, -0.2) is 54.4 Å². The van der Waals surface area contributed by atoms with Crippen molar-refractivity contribution in [2.75, 3.05) is 26.2 Å². The highest BCUT2D eigenvalue weighted by Crippen LogP contribution is 2.39. The molecule has 104 valence electrons. The number of halogens is 2. The number of amides is 1. The van der Waals surface area contributed by atoms with Gasteiger partial charge in [0.05, 0.1) is 0 Å². The number of carbonyl (C=O) groups excluding carboxylic acids is 1. The van der Waals surface area contributed by atoms with Crippen LogP contribution in [0.2, 0.25) is 0 Å². The lowest BCUT2D eigenvalue weighted by atomic mass is 9.75. The van der Waals surface area contributed by atoms with Crippen molar-refractivity contribution in [2.45, 2.75) is 45.6 Å². The average molecular weight is 260 g/mol. The molecular weight excluding hydrogens is 238 g/mol. The first-order valence-electron chi connectivity index (χ1n) is 6.74. The van der Waals surface area contributed by atoms with Crippen molar-refractivity contribution in [1.82, 2.24) is 9.80 Å². The Kier molecular flexibility index (Phi) is 3.90. The van der Waals surface area contributed by atoms with Gasteiger partial charge in [-0.15, -0.1) is 0 Å². The lowest BCUT2D eigenvalue weighted by molar-refractivity contribution is -0.157.